The van der Waals surface area contributed by atoms with Gasteiger partial charge in [-0.3, -0.25) is 9.78 Å². The van der Waals surface area contributed by atoms with Crippen molar-refractivity contribution in [3.8, 4) is 11.4 Å². The minimum absolute atomic E-state index is 0.0264. The van der Waals surface area contributed by atoms with Crippen molar-refractivity contribution in [2.24, 2.45) is 5.92 Å². The minimum Gasteiger partial charge on any atom is -0.356 e. The molecule has 3 heterocycles. The van der Waals surface area contributed by atoms with Gasteiger partial charge in [-0.1, -0.05) is 12.1 Å². The third kappa shape index (κ3) is 3.89. The maximum absolute atomic E-state index is 11.3. The Bertz CT molecular complexity index is 944. The fraction of sp³-hybridized carbons (Fsp3) is 0.333. The number of rotatable bonds is 4. The van der Waals surface area contributed by atoms with Crippen LogP contribution in [0, 0.1) is 5.92 Å². The summed E-state index contributed by atoms with van der Waals surface area (Å²) in [5.41, 5.74) is 1.85. The number of nitrogens with one attached hydrogen (secondary N) is 1. The Morgan fingerprint density at radius 1 is 1.22 bits per heavy atom. The van der Waals surface area contributed by atoms with Crippen molar-refractivity contribution in [1.82, 2.24) is 20.3 Å². The fourth-order valence-corrected chi connectivity index (χ4v) is 3.64. The Morgan fingerprint density at radius 3 is 2.93 bits per heavy atom. The topological polar surface area (TPSA) is 71.0 Å². The van der Waals surface area contributed by atoms with Crippen molar-refractivity contribution < 1.29 is 4.79 Å². The molecule has 138 valence electrons. The summed E-state index contributed by atoms with van der Waals surface area (Å²) in [7, 11) is 0. The summed E-state index contributed by atoms with van der Waals surface area (Å²) in [6.45, 7) is 4.13. The summed E-state index contributed by atoms with van der Waals surface area (Å²) in [6, 6.07) is 12.0. The zero-order valence-corrected chi connectivity index (χ0v) is 15.4. The second kappa shape index (κ2) is 7.70. The first-order valence-electron chi connectivity index (χ1n) is 9.37. The summed E-state index contributed by atoms with van der Waals surface area (Å²) in [5, 5.41) is 4.02. The quantitative estimate of drug-likeness (QED) is 0.773. The number of piperidine rings is 1. The molecule has 1 aliphatic heterocycles. The maximum atomic E-state index is 11.3. The Labute approximate surface area is 158 Å². The zero-order chi connectivity index (χ0) is 18.6. The minimum atomic E-state index is 0.0264. The summed E-state index contributed by atoms with van der Waals surface area (Å²) < 4.78 is 0. The van der Waals surface area contributed by atoms with Gasteiger partial charge in [-0.25, -0.2) is 9.97 Å². The average Bonchev–Trinajstić information content (AvgIpc) is 2.72. The van der Waals surface area contributed by atoms with Crippen LogP contribution >= 0.6 is 0 Å². The first-order valence-corrected chi connectivity index (χ1v) is 9.37. The number of anilines is 1. The molecule has 0 radical (unpaired) electrons. The Balaban J connectivity index is 1.70. The molecule has 1 amide bonds. The molecule has 3 aromatic rings. The summed E-state index contributed by atoms with van der Waals surface area (Å²) >= 11 is 0. The van der Waals surface area contributed by atoms with E-state index in [0.717, 1.165) is 48.2 Å². The number of nitrogens with zero attached hydrogens (tertiary/aromatic N) is 4. The second-order valence-corrected chi connectivity index (χ2v) is 7.02. The Kier molecular flexibility index (Phi) is 4.96. The molecule has 1 fully saturated rings. The lowest BCUT2D eigenvalue weighted by Crippen LogP contribution is -2.41. The number of para-hydroxylation sites is 1. The molecule has 27 heavy (non-hydrogen) atoms. The maximum Gasteiger partial charge on any atom is 0.216 e. The van der Waals surface area contributed by atoms with E-state index in [4.69, 9.17) is 9.97 Å². The standard InChI is InChI=1S/C21H23N5O/c1-15(27)23-12-16-6-5-11-26(14-16)21-18-8-2-3-9-19(18)24-20(25-21)17-7-4-10-22-13-17/h2-4,7-10,13,16H,5-6,11-12,14H2,1H3,(H,23,27). The summed E-state index contributed by atoms with van der Waals surface area (Å²) in [6.07, 6.45) is 5.76. The molecular weight excluding hydrogens is 338 g/mol. The first kappa shape index (κ1) is 17.4. The van der Waals surface area contributed by atoms with E-state index in [1.165, 1.54) is 0 Å². The molecule has 0 spiro atoms. The zero-order valence-electron chi connectivity index (χ0n) is 15.4. The number of aromatic nitrogens is 3. The van der Waals surface area contributed by atoms with Gasteiger partial charge in [-0.2, -0.15) is 0 Å². The smallest absolute Gasteiger partial charge is 0.216 e. The highest BCUT2D eigenvalue weighted by Gasteiger charge is 2.23. The van der Waals surface area contributed by atoms with Gasteiger partial charge in [0.1, 0.15) is 5.82 Å². The Morgan fingerprint density at radius 2 is 2.11 bits per heavy atom. The lowest BCUT2D eigenvalue weighted by molar-refractivity contribution is -0.119. The van der Waals surface area contributed by atoms with Crippen LogP contribution < -0.4 is 10.2 Å². The van der Waals surface area contributed by atoms with Crippen molar-refractivity contribution >= 4 is 22.6 Å². The van der Waals surface area contributed by atoms with Gasteiger partial charge in [0.05, 0.1) is 5.52 Å². The first-order chi connectivity index (χ1) is 13.2. The highest BCUT2D eigenvalue weighted by atomic mass is 16.1. The van der Waals surface area contributed by atoms with Crippen LogP contribution in [-0.4, -0.2) is 40.5 Å². The molecule has 0 bridgehead atoms. The SMILES string of the molecule is CC(=O)NCC1CCCN(c2nc(-c3cccnc3)nc3ccccc23)C1. The predicted octanol–water partition coefficient (Wildman–Crippen LogP) is 3.04. The van der Waals surface area contributed by atoms with Crippen LogP contribution in [0.5, 0.6) is 0 Å². The molecule has 1 atom stereocenters. The van der Waals surface area contributed by atoms with E-state index in [9.17, 15) is 4.79 Å². The van der Waals surface area contributed by atoms with Gasteiger partial charge in [0.2, 0.25) is 5.91 Å². The van der Waals surface area contributed by atoms with E-state index in [1.807, 2.05) is 30.3 Å². The van der Waals surface area contributed by atoms with Gasteiger partial charge in [0.25, 0.3) is 0 Å². The number of hydrogen-bond acceptors (Lipinski definition) is 5. The number of benzene rings is 1. The van der Waals surface area contributed by atoms with Gasteiger partial charge in [0, 0.05) is 49.9 Å². The number of pyridine rings is 1. The van der Waals surface area contributed by atoms with Crippen molar-refractivity contribution in [2.45, 2.75) is 19.8 Å². The number of fused-ring (bicyclic) bond motifs is 1. The van der Waals surface area contributed by atoms with Gasteiger partial charge in [0.15, 0.2) is 5.82 Å². The molecule has 1 unspecified atom stereocenters. The third-order valence-corrected chi connectivity index (χ3v) is 4.96. The molecule has 6 heteroatoms. The van der Waals surface area contributed by atoms with Crippen LogP contribution in [0.4, 0.5) is 5.82 Å². The average molecular weight is 361 g/mol. The van der Waals surface area contributed by atoms with Crippen molar-refractivity contribution in [3.63, 3.8) is 0 Å². The van der Waals surface area contributed by atoms with Crippen LogP contribution in [-0.2, 0) is 4.79 Å². The molecule has 0 saturated carbocycles. The monoisotopic (exact) mass is 361 g/mol. The van der Waals surface area contributed by atoms with Gasteiger partial charge < -0.3 is 10.2 Å². The number of carbonyl (C=O) groups is 1. The van der Waals surface area contributed by atoms with Crippen LogP contribution in [0.25, 0.3) is 22.3 Å². The number of carbonyl (C=O) groups excluding carboxylic acids is 1. The fourth-order valence-electron chi connectivity index (χ4n) is 3.64. The lowest BCUT2D eigenvalue weighted by Gasteiger charge is -2.34. The molecule has 1 aliphatic rings. The molecule has 0 aliphatic carbocycles. The van der Waals surface area contributed by atoms with E-state index < -0.39 is 0 Å². The van der Waals surface area contributed by atoms with E-state index in [-0.39, 0.29) is 5.91 Å². The van der Waals surface area contributed by atoms with Crippen LogP contribution in [0.1, 0.15) is 19.8 Å². The van der Waals surface area contributed by atoms with E-state index in [0.29, 0.717) is 18.3 Å². The second-order valence-electron chi connectivity index (χ2n) is 7.02. The predicted molar refractivity (Wildman–Crippen MR) is 106 cm³/mol. The number of hydrogen-bond donors (Lipinski definition) is 1. The van der Waals surface area contributed by atoms with Crippen molar-refractivity contribution in [2.75, 3.05) is 24.5 Å². The third-order valence-electron chi connectivity index (χ3n) is 4.96. The molecule has 2 aromatic heterocycles. The summed E-state index contributed by atoms with van der Waals surface area (Å²) in [4.78, 5) is 27.5. The molecular formula is C21H23N5O. The Hall–Kier alpha value is -3.02. The highest BCUT2D eigenvalue weighted by molar-refractivity contribution is 5.91. The van der Waals surface area contributed by atoms with E-state index in [1.54, 1.807) is 19.3 Å². The van der Waals surface area contributed by atoms with Crippen molar-refractivity contribution in [1.29, 1.82) is 0 Å². The van der Waals surface area contributed by atoms with Crippen LogP contribution in [0.2, 0.25) is 0 Å². The van der Waals surface area contributed by atoms with Crippen LogP contribution in [0.15, 0.2) is 48.8 Å². The largest absolute Gasteiger partial charge is 0.356 e. The van der Waals surface area contributed by atoms with Crippen LogP contribution in [0.3, 0.4) is 0 Å². The molecule has 4 rings (SSSR count). The molecule has 1 aromatic carbocycles. The highest BCUT2D eigenvalue weighted by Crippen LogP contribution is 2.30. The van der Waals surface area contributed by atoms with Crippen molar-refractivity contribution in [3.05, 3.63) is 48.8 Å². The normalized spacial score (nSPS) is 17.1. The molecule has 6 nitrogen and oxygen atoms in total. The van der Waals surface area contributed by atoms with E-state index >= 15 is 0 Å². The number of amides is 1. The summed E-state index contributed by atoms with van der Waals surface area (Å²) in [5.74, 6) is 2.12. The lowest BCUT2D eigenvalue weighted by atomic mass is 9.97. The van der Waals surface area contributed by atoms with Gasteiger partial charge >= 0.3 is 0 Å². The van der Waals surface area contributed by atoms with E-state index in [2.05, 4.69) is 21.3 Å². The van der Waals surface area contributed by atoms with Gasteiger partial charge in [-0.05, 0) is 43.0 Å². The molecule has 1 N–H and O–H groups in total. The molecule has 1 saturated heterocycles. The van der Waals surface area contributed by atoms with Gasteiger partial charge in [-0.15, -0.1) is 0 Å².